The number of imide groups is 1. The summed E-state index contributed by atoms with van der Waals surface area (Å²) in [5.74, 6) is -0.507. The van der Waals surface area contributed by atoms with Gasteiger partial charge in [-0.3, -0.25) is 9.59 Å². The van der Waals surface area contributed by atoms with E-state index in [-0.39, 0.29) is 18.4 Å². The van der Waals surface area contributed by atoms with Gasteiger partial charge in [-0.05, 0) is 46.6 Å². The van der Waals surface area contributed by atoms with E-state index < -0.39 is 17.7 Å². The van der Waals surface area contributed by atoms with E-state index >= 15 is 0 Å². The lowest BCUT2D eigenvalue weighted by Gasteiger charge is -2.30. The van der Waals surface area contributed by atoms with Gasteiger partial charge in [0, 0.05) is 38.1 Å². The number of nitrogens with one attached hydrogen (secondary N) is 1. The van der Waals surface area contributed by atoms with Crippen molar-refractivity contribution in [1.29, 1.82) is 0 Å². The molecule has 1 aromatic heterocycles. The van der Waals surface area contributed by atoms with Gasteiger partial charge >= 0.3 is 6.09 Å². The Kier molecular flexibility index (Phi) is 7.94. The average molecular weight is 411 g/mol. The number of carbonyl (C=O) groups excluding carboxylic acids is 3. The van der Waals surface area contributed by atoms with E-state index in [1.165, 1.54) is 6.92 Å². The van der Waals surface area contributed by atoms with E-state index in [0.717, 1.165) is 16.3 Å². The maximum atomic E-state index is 13.0. The second-order valence-corrected chi connectivity index (χ2v) is 8.78. The Bertz CT molecular complexity index is 672. The number of rotatable bonds is 7. The molecule has 0 bridgehead atoms. The van der Waals surface area contributed by atoms with Gasteiger partial charge in [-0.25, -0.2) is 14.7 Å². The molecule has 1 aliphatic heterocycles. The van der Waals surface area contributed by atoms with Gasteiger partial charge in [0.05, 0.1) is 0 Å². The van der Waals surface area contributed by atoms with Crippen molar-refractivity contribution >= 4 is 29.2 Å². The largest absolute Gasteiger partial charge is 0.443 e. The third kappa shape index (κ3) is 6.56. The Morgan fingerprint density at radius 1 is 1.39 bits per heavy atom. The molecular weight excluding hydrogens is 380 g/mol. The van der Waals surface area contributed by atoms with Crippen molar-refractivity contribution in [2.45, 2.75) is 65.1 Å². The first kappa shape index (κ1) is 22.3. The molecule has 0 unspecified atom stereocenters. The maximum absolute atomic E-state index is 13.0. The molecule has 0 aliphatic carbocycles. The van der Waals surface area contributed by atoms with Gasteiger partial charge in [0.25, 0.3) is 5.91 Å². The van der Waals surface area contributed by atoms with Crippen LogP contribution in [0.25, 0.3) is 0 Å². The standard InChI is InChI=1S/C19H30N4O4S/c1-14(24)22-10-5-7-15(22)17(25)23(18(26)27-19(2,3)4)11-6-8-20-13-16-21-9-12-28-16/h9,12,15,20H,5-8,10-11,13H2,1-4H3/t15-/m0/s1. The molecule has 2 rings (SSSR count). The number of carbonyl (C=O) groups is 3. The van der Waals surface area contributed by atoms with Crippen LogP contribution in [0.15, 0.2) is 11.6 Å². The number of thiazole rings is 1. The fourth-order valence-corrected chi connectivity index (χ4v) is 3.67. The normalized spacial score (nSPS) is 16.9. The molecule has 0 aromatic carbocycles. The number of amides is 3. The van der Waals surface area contributed by atoms with Crippen LogP contribution in [0.4, 0.5) is 4.79 Å². The molecule has 0 spiro atoms. The highest BCUT2D eigenvalue weighted by molar-refractivity contribution is 7.09. The summed E-state index contributed by atoms with van der Waals surface area (Å²) in [7, 11) is 0. The summed E-state index contributed by atoms with van der Waals surface area (Å²) in [5, 5.41) is 6.17. The summed E-state index contributed by atoms with van der Waals surface area (Å²) >= 11 is 1.57. The van der Waals surface area contributed by atoms with Crippen LogP contribution in [-0.2, 0) is 20.9 Å². The minimum absolute atomic E-state index is 0.148. The molecule has 3 amide bonds. The Hall–Kier alpha value is -2.00. The van der Waals surface area contributed by atoms with Crippen LogP contribution in [0, 0.1) is 0 Å². The van der Waals surface area contributed by atoms with Crippen LogP contribution < -0.4 is 5.32 Å². The van der Waals surface area contributed by atoms with Crippen LogP contribution >= 0.6 is 11.3 Å². The zero-order valence-corrected chi connectivity index (χ0v) is 17.9. The highest BCUT2D eigenvalue weighted by atomic mass is 32.1. The van der Waals surface area contributed by atoms with Gasteiger partial charge in [0.15, 0.2) is 0 Å². The fourth-order valence-electron chi connectivity index (χ4n) is 3.09. The molecule has 0 radical (unpaired) electrons. The third-order valence-electron chi connectivity index (χ3n) is 4.32. The van der Waals surface area contributed by atoms with Crippen LogP contribution in [-0.4, -0.2) is 64.0 Å². The fraction of sp³-hybridized carbons (Fsp3) is 0.684. The van der Waals surface area contributed by atoms with Crippen molar-refractivity contribution in [2.24, 2.45) is 0 Å². The van der Waals surface area contributed by atoms with Crippen LogP contribution in [0.3, 0.4) is 0 Å². The number of ether oxygens (including phenoxy) is 1. The first-order valence-electron chi connectivity index (χ1n) is 9.59. The minimum atomic E-state index is -0.700. The summed E-state index contributed by atoms with van der Waals surface area (Å²) < 4.78 is 5.43. The SMILES string of the molecule is CC(=O)N1CCC[C@H]1C(=O)N(CCCNCc1nccs1)C(=O)OC(C)(C)C. The van der Waals surface area contributed by atoms with E-state index in [9.17, 15) is 14.4 Å². The molecule has 0 saturated carbocycles. The van der Waals surface area contributed by atoms with Gasteiger partial charge < -0.3 is 15.0 Å². The first-order chi connectivity index (χ1) is 13.2. The molecule has 1 fully saturated rings. The van der Waals surface area contributed by atoms with E-state index in [1.807, 2.05) is 5.38 Å². The quantitative estimate of drug-likeness (QED) is 0.694. The van der Waals surface area contributed by atoms with Crippen molar-refractivity contribution in [1.82, 2.24) is 20.1 Å². The van der Waals surface area contributed by atoms with Crippen molar-refractivity contribution < 1.29 is 19.1 Å². The number of aromatic nitrogens is 1. The summed E-state index contributed by atoms with van der Waals surface area (Å²) in [5.41, 5.74) is -0.700. The first-order valence-corrected chi connectivity index (χ1v) is 10.5. The number of hydrogen-bond acceptors (Lipinski definition) is 7. The minimum Gasteiger partial charge on any atom is -0.443 e. The lowest BCUT2D eigenvalue weighted by Crippen LogP contribution is -2.51. The van der Waals surface area contributed by atoms with E-state index in [4.69, 9.17) is 4.74 Å². The van der Waals surface area contributed by atoms with E-state index in [1.54, 1.807) is 43.2 Å². The van der Waals surface area contributed by atoms with Crippen LogP contribution in [0.2, 0.25) is 0 Å². The van der Waals surface area contributed by atoms with E-state index in [0.29, 0.717) is 32.5 Å². The molecule has 1 saturated heterocycles. The smallest absolute Gasteiger partial charge is 0.417 e. The predicted molar refractivity (Wildman–Crippen MR) is 107 cm³/mol. The molecule has 1 atom stereocenters. The summed E-state index contributed by atoms with van der Waals surface area (Å²) in [6.07, 6.45) is 3.01. The van der Waals surface area contributed by atoms with Crippen molar-refractivity contribution in [2.75, 3.05) is 19.6 Å². The molecule has 1 aromatic rings. The molecule has 9 heteroatoms. The van der Waals surface area contributed by atoms with E-state index in [2.05, 4.69) is 10.3 Å². The molecule has 28 heavy (non-hydrogen) atoms. The summed E-state index contributed by atoms with van der Waals surface area (Å²) in [6.45, 7) is 8.81. The lowest BCUT2D eigenvalue weighted by molar-refractivity contribution is -0.142. The van der Waals surface area contributed by atoms with Gasteiger partial charge in [-0.2, -0.15) is 0 Å². The molecule has 1 N–H and O–H groups in total. The molecular formula is C19H30N4O4S. The zero-order valence-electron chi connectivity index (χ0n) is 17.1. The molecule has 8 nitrogen and oxygen atoms in total. The predicted octanol–water partition coefficient (Wildman–Crippen LogP) is 2.40. The Morgan fingerprint density at radius 3 is 2.75 bits per heavy atom. The highest BCUT2D eigenvalue weighted by Crippen LogP contribution is 2.21. The van der Waals surface area contributed by atoms with Gasteiger partial charge in [-0.1, -0.05) is 0 Å². The van der Waals surface area contributed by atoms with Gasteiger partial charge in [0.2, 0.25) is 5.91 Å². The Labute approximate surface area is 170 Å². The van der Waals surface area contributed by atoms with Crippen LogP contribution in [0.5, 0.6) is 0 Å². The topological polar surface area (TPSA) is 91.8 Å². The van der Waals surface area contributed by atoms with Crippen molar-refractivity contribution in [3.05, 3.63) is 16.6 Å². The zero-order chi connectivity index (χ0) is 20.7. The third-order valence-corrected chi connectivity index (χ3v) is 5.10. The second kappa shape index (κ2) is 9.97. The van der Waals surface area contributed by atoms with Crippen molar-refractivity contribution in [3.8, 4) is 0 Å². The maximum Gasteiger partial charge on any atom is 0.417 e. The summed E-state index contributed by atoms with van der Waals surface area (Å²) in [4.78, 5) is 44.4. The van der Waals surface area contributed by atoms with Gasteiger partial charge in [-0.15, -0.1) is 11.3 Å². The monoisotopic (exact) mass is 410 g/mol. The van der Waals surface area contributed by atoms with Crippen molar-refractivity contribution in [3.63, 3.8) is 0 Å². The number of hydrogen-bond donors (Lipinski definition) is 1. The second-order valence-electron chi connectivity index (χ2n) is 7.80. The molecule has 1 aliphatic rings. The Morgan fingerprint density at radius 2 is 2.14 bits per heavy atom. The van der Waals surface area contributed by atoms with Crippen LogP contribution in [0.1, 0.15) is 52.0 Å². The Balaban J connectivity index is 1.96. The molecule has 156 valence electrons. The lowest BCUT2D eigenvalue weighted by atomic mass is 10.2. The number of nitrogens with zero attached hydrogens (tertiary/aromatic N) is 3. The molecule has 2 heterocycles. The highest BCUT2D eigenvalue weighted by Gasteiger charge is 2.38. The van der Waals surface area contributed by atoms with Gasteiger partial charge in [0.1, 0.15) is 16.7 Å². The average Bonchev–Trinajstić information content (AvgIpc) is 3.26. The summed E-state index contributed by atoms with van der Waals surface area (Å²) in [6, 6.07) is -0.590. The number of likely N-dealkylation sites (tertiary alicyclic amines) is 1.